The van der Waals surface area contributed by atoms with Crippen molar-refractivity contribution in [2.75, 3.05) is 13.2 Å². The molecule has 1 aliphatic heterocycles. The van der Waals surface area contributed by atoms with Crippen molar-refractivity contribution >= 4 is 0 Å². The maximum atomic E-state index is 13.7. The second-order valence-electron chi connectivity index (χ2n) is 8.26. The lowest BCUT2D eigenvalue weighted by molar-refractivity contribution is -0.138. The molecule has 31 heavy (non-hydrogen) atoms. The highest BCUT2D eigenvalue weighted by Gasteiger charge is 2.36. The van der Waals surface area contributed by atoms with Gasteiger partial charge in [-0.15, -0.1) is 0 Å². The first-order chi connectivity index (χ1) is 15.0. The highest BCUT2D eigenvalue weighted by atomic mass is 19.4. The van der Waals surface area contributed by atoms with Crippen LogP contribution in [-0.2, 0) is 6.18 Å². The molecule has 2 fully saturated rings. The smallest absolute Gasteiger partial charge is 0.419 e. The molecule has 1 atom stereocenters. The van der Waals surface area contributed by atoms with Crippen LogP contribution in [0.15, 0.2) is 22.7 Å². The number of hydrogen-bond donors (Lipinski definition) is 0. The van der Waals surface area contributed by atoms with Crippen LogP contribution in [0.2, 0.25) is 0 Å². The average molecular weight is 434 g/mol. The molecule has 9 heteroatoms. The fourth-order valence-electron chi connectivity index (χ4n) is 4.46. The van der Waals surface area contributed by atoms with Gasteiger partial charge in [-0.1, -0.05) is 37.3 Å². The number of benzene rings is 1. The zero-order chi connectivity index (χ0) is 21.8. The van der Waals surface area contributed by atoms with E-state index in [9.17, 15) is 18.4 Å². The Hall–Kier alpha value is -2.76. The van der Waals surface area contributed by atoms with Gasteiger partial charge in [-0.25, -0.2) is 0 Å². The van der Waals surface area contributed by atoms with Gasteiger partial charge < -0.3 is 9.26 Å². The molecule has 0 amide bonds. The van der Waals surface area contributed by atoms with Crippen molar-refractivity contribution in [2.45, 2.75) is 63.6 Å². The van der Waals surface area contributed by atoms with E-state index in [2.05, 4.69) is 16.3 Å². The third kappa shape index (κ3) is 4.94. The van der Waals surface area contributed by atoms with Crippen molar-refractivity contribution < 1.29 is 22.4 Å². The Bertz CT molecular complexity index is 932. The topological polar surface area (TPSA) is 75.2 Å². The SMILES string of the molecule is N#CN1CCC[C@H]1c1nc(-c2ccc(OCCC3CCCCC3)c(C(F)(F)F)c2)no1. The third-order valence-electron chi connectivity index (χ3n) is 6.16. The summed E-state index contributed by atoms with van der Waals surface area (Å²) in [5.74, 6) is 0.667. The summed E-state index contributed by atoms with van der Waals surface area (Å²) in [5.41, 5.74) is -0.650. The Morgan fingerprint density at radius 3 is 2.71 bits per heavy atom. The van der Waals surface area contributed by atoms with Gasteiger partial charge in [0.1, 0.15) is 11.8 Å². The summed E-state index contributed by atoms with van der Waals surface area (Å²) in [4.78, 5) is 5.80. The first-order valence-corrected chi connectivity index (χ1v) is 10.8. The minimum atomic E-state index is -4.56. The lowest BCUT2D eigenvalue weighted by atomic mass is 9.87. The van der Waals surface area contributed by atoms with Crippen LogP contribution in [0.1, 0.15) is 68.9 Å². The predicted octanol–water partition coefficient (Wildman–Crippen LogP) is 5.72. The van der Waals surface area contributed by atoms with Crippen LogP contribution in [0.3, 0.4) is 0 Å². The van der Waals surface area contributed by atoms with Gasteiger partial charge in [0, 0.05) is 12.1 Å². The molecule has 0 bridgehead atoms. The predicted molar refractivity (Wildman–Crippen MR) is 106 cm³/mol. The molecule has 1 aromatic heterocycles. The maximum absolute atomic E-state index is 13.7. The number of hydrogen-bond acceptors (Lipinski definition) is 6. The van der Waals surface area contributed by atoms with Crippen LogP contribution in [0.5, 0.6) is 5.75 Å². The first kappa shape index (κ1) is 21.5. The third-order valence-corrected chi connectivity index (χ3v) is 6.16. The van der Waals surface area contributed by atoms with E-state index in [0.29, 0.717) is 18.9 Å². The van der Waals surface area contributed by atoms with Gasteiger partial charge in [0.05, 0.1) is 12.2 Å². The van der Waals surface area contributed by atoms with Gasteiger partial charge >= 0.3 is 6.18 Å². The molecule has 2 aromatic rings. The zero-order valence-corrected chi connectivity index (χ0v) is 17.2. The van der Waals surface area contributed by atoms with E-state index >= 15 is 0 Å². The van der Waals surface area contributed by atoms with Gasteiger partial charge in [0.2, 0.25) is 11.7 Å². The molecule has 0 N–H and O–H groups in total. The molecule has 2 heterocycles. The molecule has 6 nitrogen and oxygen atoms in total. The van der Waals surface area contributed by atoms with Crippen molar-refractivity contribution in [1.82, 2.24) is 15.0 Å². The van der Waals surface area contributed by atoms with Crippen molar-refractivity contribution in [1.29, 1.82) is 5.26 Å². The number of halogens is 3. The Balaban J connectivity index is 1.50. The number of likely N-dealkylation sites (tertiary alicyclic amines) is 1. The largest absolute Gasteiger partial charge is 0.493 e. The number of aromatic nitrogens is 2. The van der Waals surface area contributed by atoms with Crippen LogP contribution in [0.25, 0.3) is 11.4 Å². The van der Waals surface area contributed by atoms with Crippen molar-refractivity contribution in [3.63, 3.8) is 0 Å². The van der Waals surface area contributed by atoms with E-state index in [-0.39, 0.29) is 35.7 Å². The van der Waals surface area contributed by atoms with Crippen LogP contribution in [0.4, 0.5) is 13.2 Å². The Kier molecular flexibility index (Phi) is 6.35. The highest BCUT2D eigenvalue weighted by Crippen LogP contribution is 2.39. The van der Waals surface area contributed by atoms with Gasteiger partial charge in [-0.05, 0) is 43.4 Å². The molecule has 1 aromatic carbocycles. The van der Waals surface area contributed by atoms with Crippen molar-refractivity contribution in [3.05, 3.63) is 29.7 Å². The van der Waals surface area contributed by atoms with Gasteiger partial charge in [0.25, 0.3) is 0 Å². The van der Waals surface area contributed by atoms with Crippen molar-refractivity contribution in [2.24, 2.45) is 5.92 Å². The molecule has 0 radical (unpaired) electrons. The lowest BCUT2D eigenvalue weighted by Crippen LogP contribution is -2.17. The van der Waals surface area contributed by atoms with Gasteiger partial charge in [0.15, 0.2) is 6.19 Å². The number of ether oxygens (including phenoxy) is 1. The number of alkyl halides is 3. The summed E-state index contributed by atoms with van der Waals surface area (Å²) in [6, 6.07) is 3.51. The Labute approximate surface area is 179 Å². The molecule has 1 aliphatic carbocycles. The number of nitrogens with zero attached hydrogens (tertiary/aromatic N) is 4. The van der Waals surface area contributed by atoms with E-state index in [1.54, 1.807) is 4.90 Å². The lowest BCUT2D eigenvalue weighted by Gasteiger charge is -2.22. The molecule has 2 aliphatic rings. The summed E-state index contributed by atoms with van der Waals surface area (Å²) in [6.07, 6.45) is 5.66. The Morgan fingerprint density at radius 2 is 1.97 bits per heavy atom. The quantitative estimate of drug-likeness (QED) is 0.541. The minimum absolute atomic E-state index is 0.0686. The molecule has 0 spiro atoms. The zero-order valence-electron chi connectivity index (χ0n) is 17.2. The maximum Gasteiger partial charge on any atom is 0.419 e. The van der Waals surface area contributed by atoms with E-state index < -0.39 is 11.7 Å². The fourth-order valence-corrected chi connectivity index (χ4v) is 4.46. The summed E-state index contributed by atoms with van der Waals surface area (Å²) >= 11 is 0. The van der Waals surface area contributed by atoms with Gasteiger partial charge in [-0.3, -0.25) is 4.90 Å². The summed E-state index contributed by atoms with van der Waals surface area (Å²) < 4.78 is 51.9. The van der Waals surface area contributed by atoms with E-state index in [1.165, 1.54) is 31.4 Å². The molecule has 1 saturated carbocycles. The second kappa shape index (κ2) is 9.16. The highest BCUT2D eigenvalue weighted by molar-refractivity contribution is 5.59. The van der Waals surface area contributed by atoms with Crippen LogP contribution >= 0.6 is 0 Å². The summed E-state index contributed by atoms with van der Waals surface area (Å²) in [5, 5.41) is 13.0. The van der Waals surface area contributed by atoms with E-state index in [1.807, 2.05) is 0 Å². The van der Waals surface area contributed by atoms with Crippen LogP contribution in [0, 0.1) is 17.4 Å². The minimum Gasteiger partial charge on any atom is -0.493 e. The van der Waals surface area contributed by atoms with Crippen LogP contribution < -0.4 is 4.74 Å². The number of nitriles is 1. The average Bonchev–Trinajstić information content (AvgIpc) is 3.43. The molecule has 0 unspecified atom stereocenters. The molecule has 166 valence electrons. The Morgan fingerprint density at radius 1 is 1.16 bits per heavy atom. The first-order valence-electron chi connectivity index (χ1n) is 10.8. The van der Waals surface area contributed by atoms with Crippen molar-refractivity contribution in [3.8, 4) is 23.3 Å². The fraction of sp³-hybridized carbons (Fsp3) is 0.591. The standard InChI is InChI=1S/C22H25F3N4O2/c23-22(24,25)17-13-16(8-9-19(17)30-12-10-15-5-2-1-3-6-15)20-27-21(31-28-20)18-7-4-11-29(18)14-26/h8-9,13,15,18H,1-7,10-12H2/t18-/m0/s1. The number of rotatable bonds is 6. The van der Waals surface area contributed by atoms with E-state index in [0.717, 1.165) is 31.7 Å². The molecule has 1 saturated heterocycles. The molecular weight excluding hydrogens is 409 g/mol. The normalized spacial score (nSPS) is 20.1. The second-order valence-corrected chi connectivity index (χ2v) is 8.26. The molecule has 4 rings (SSSR count). The monoisotopic (exact) mass is 434 g/mol. The van der Waals surface area contributed by atoms with Gasteiger partial charge in [-0.2, -0.15) is 23.4 Å². The summed E-state index contributed by atoms with van der Waals surface area (Å²) in [7, 11) is 0. The van der Waals surface area contributed by atoms with Crippen LogP contribution in [-0.4, -0.2) is 28.2 Å². The molecular formula is C22H25F3N4O2. The van der Waals surface area contributed by atoms with E-state index in [4.69, 9.17) is 9.26 Å². The summed E-state index contributed by atoms with van der Waals surface area (Å²) in [6.45, 7) is 0.870.